The molecule has 2 aromatic rings. The summed E-state index contributed by atoms with van der Waals surface area (Å²) in [6.07, 6.45) is 2.82. The van der Waals surface area contributed by atoms with Crippen molar-refractivity contribution in [2.45, 2.75) is 65.1 Å². The summed E-state index contributed by atoms with van der Waals surface area (Å²) in [5.74, 6) is 0.277. The second-order valence-electron chi connectivity index (χ2n) is 8.89. The number of hydrogen-bond acceptors (Lipinski definition) is 5. The van der Waals surface area contributed by atoms with Gasteiger partial charge in [0.15, 0.2) is 0 Å². The Balaban J connectivity index is 2.23. The van der Waals surface area contributed by atoms with Crippen molar-refractivity contribution in [3.63, 3.8) is 0 Å². The number of amides is 2. The average molecular weight is 518 g/mol. The molecule has 0 saturated carbocycles. The van der Waals surface area contributed by atoms with Crippen LogP contribution in [0.5, 0.6) is 5.75 Å². The number of nitrogens with one attached hydrogen (secondary N) is 1. The van der Waals surface area contributed by atoms with E-state index >= 15 is 0 Å². The minimum Gasteiger partial charge on any atom is -0.497 e. The van der Waals surface area contributed by atoms with Crippen LogP contribution in [0.15, 0.2) is 54.6 Å². The largest absolute Gasteiger partial charge is 0.497 e. The topological polar surface area (TPSA) is 96.0 Å². The maximum Gasteiger partial charge on any atom is 0.243 e. The molecule has 0 radical (unpaired) electrons. The van der Waals surface area contributed by atoms with Gasteiger partial charge in [0.1, 0.15) is 11.8 Å². The van der Waals surface area contributed by atoms with Crippen LogP contribution in [0.2, 0.25) is 0 Å². The van der Waals surface area contributed by atoms with Crippen LogP contribution >= 0.6 is 0 Å². The van der Waals surface area contributed by atoms with Gasteiger partial charge < -0.3 is 15.0 Å². The first kappa shape index (κ1) is 29.2. The van der Waals surface area contributed by atoms with Gasteiger partial charge in [0, 0.05) is 25.6 Å². The summed E-state index contributed by atoms with van der Waals surface area (Å²) < 4.78 is 31.4. The lowest BCUT2D eigenvalue weighted by molar-refractivity contribution is -0.141. The Kier molecular flexibility index (Phi) is 11.2. The molecular weight excluding hydrogens is 478 g/mol. The Bertz CT molecular complexity index is 1090. The van der Waals surface area contributed by atoms with Gasteiger partial charge in [-0.15, -0.1) is 0 Å². The van der Waals surface area contributed by atoms with E-state index in [0.717, 1.165) is 18.2 Å². The molecule has 0 aromatic heterocycles. The number of carbonyl (C=O) groups is 2. The van der Waals surface area contributed by atoms with E-state index in [0.29, 0.717) is 24.3 Å². The molecular formula is C27H39N3O5S. The summed E-state index contributed by atoms with van der Waals surface area (Å²) in [4.78, 5) is 28.2. The third-order valence-electron chi connectivity index (χ3n) is 6.07. The first-order valence-electron chi connectivity index (χ1n) is 12.4. The van der Waals surface area contributed by atoms with Crippen LogP contribution in [-0.4, -0.2) is 57.1 Å². The number of hydrogen-bond donors (Lipinski definition) is 1. The van der Waals surface area contributed by atoms with Crippen LogP contribution < -0.4 is 14.4 Å². The van der Waals surface area contributed by atoms with E-state index in [9.17, 15) is 18.0 Å². The zero-order valence-electron chi connectivity index (χ0n) is 21.9. The number of methoxy groups -OCH3 is 1. The summed E-state index contributed by atoms with van der Waals surface area (Å²) in [5, 5.41) is 2.99. The van der Waals surface area contributed by atoms with E-state index in [4.69, 9.17) is 4.74 Å². The number of benzene rings is 2. The van der Waals surface area contributed by atoms with E-state index in [2.05, 4.69) is 5.32 Å². The monoisotopic (exact) mass is 517 g/mol. The first-order chi connectivity index (χ1) is 17.1. The van der Waals surface area contributed by atoms with Crippen molar-refractivity contribution in [3.8, 4) is 5.75 Å². The van der Waals surface area contributed by atoms with Gasteiger partial charge in [-0.1, -0.05) is 44.2 Å². The molecule has 1 N–H and O–H groups in total. The fourth-order valence-corrected chi connectivity index (χ4v) is 4.89. The fourth-order valence-electron chi connectivity index (χ4n) is 3.93. The molecule has 0 spiro atoms. The molecule has 0 fully saturated rings. The molecule has 8 nitrogen and oxygen atoms in total. The van der Waals surface area contributed by atoms with Gasteiger partial charge in [0.25, 0.3) is 0 Å². The third-order valence-corrected chi connectivity index (χ3v) is 7.26. The molecule has 198 valence electrons. The molecule has 0 saturated heterocycles. The molecule has 2 aromatic carbocycles. The minimum atomic E-state index is -3.51. The molecule has 9 heteroatoms. The van der Waals surface area contributed by atoms with Crippen LogP contribution in [0.4, 0.5) is 5.69 Å². The van der Waals surface area contributed by atoms with Crippen LogP contribution in [0.25, 0.3) is 0 Å². The van der Waals surface area contributed by atoms with Gasteiger partial charge in [-0.05, 0) is 56.0 Å². The predicted molar refractivity (Wildman–Crippen MR) is 143 cm³/mol. The molecule has 36 heavy (non-hydrogen) atoms. The maximum absolute atomic E-state index is 13.5. The maximum atomic E-state index is 13.5. The Morgan fingerprint density at radius 1 is 1.03 bits per heavy atom. The predicted octanol–water partition coefficient (Wildman–Crippen LogP) is 3.96. The van der Waals surface area contributed by atoms with Crippen LogP contribution in [0, 0.1) is 0 Å². The smallest absolute Gasteiger partial charge is 0.243 e. The standard InChI is InChI=1S/C27H39N3O5S/c1-6-21(3)28-27(32)25(7-2)29(20-22-13-11-16-24(19-22)35-4)26(31)17-12-18-30(36(5,33)34)23-14-9-8-10-15-23/h8-11,13-16,19,21,25H,6-7,12,17-18,20H2,1-5H3,(H,28,32)/t21-,25+/m1/s1. The summed E-state index contributed by atoms with van der Waals surface area (Å²) in [6.45, 7) is 6.22. The van der Waals surface area contributed by atoms with Crippen molar-refractivity contribution >= 4 is 27.5 Å². The highest BCUT2D eigenvalue weighted by atomic mass is 32.2. The number of anilines is 1. The van der Waals surface area contributed by atoms with Crippen molar-refractivity contribution in [3.05, 3.63) is 60.2 Å². The zero-order valence-corrected chi connectivity index (χ0v) is 22.8. The van der Waals surface area contributed by atoms with Crippen molar-refractivity contribution in [1.29, 1.82) is 0 Å². The Labute approximate surface area is 215 Å². The van der Waals surface area contributed by atoms with Crippen molar-refractivity contribution in [2.24, 2.45) is 0 Å². The van der Waals surface area contributed by atoms with Gasteiger partial charge in [0.05, 0.1) is 19.1 Å². The molecule has 0 heterocycles. The average Bonchev–Trinajstić information content (AvgIpc) is 2.86. The molecule has 2 amide bonds. The summed E-state index contributed by atoms with van der Waals surface area (Å²) >= 11 is 0. The Morgan fingerprint density at radius 3 is 2.31 bits per heavy atom. The highest BCUT2D eigenvalue weighted by Gasteiger charge is 2.29. The van der Waals surface area contributed by atoms with Gasteiger partial charge in [-0.2, -0.15) is 0 Å². The molecule has 0 bridgehead atoms. The van der Waals surface area contributed by atoms with E-state index in [1.165, 1.54) is 4.31 Å². The number of rotatable bonds is 14. The second-order valence-corrected chi connectivity index (χ2v) is 10.8. The summed E-state index contributed by atoms with van der Waals surface area (Å²) in [6, 6.07) is 15.6. The molecule has 0 aliphatic carbocycles. The molecule has 0 aliphatic heterocycles. The number of ether oxygens (including phenoxy) is 1. The second kappa shape index (κ2) is 13.9. The van der Waals surface area contributed by atoms with E-state index in [1.807, 2.05) is 51.1 Å². The molecule has 0 unspecified atom stereocenters. The SMILES string of the molecule is CC[C@@H](C)NC(=O)[C@H](CC)N(Cc1cccc(OC)c1)C(=O)CCCN(c1ccccc1)S(C)(=O)=O. The number of para-hydroxylation sites is 1. The van der Waals surface area contributed by atoms with Gasteiger partial charge in [-0.25, -0.2) is 8.42 Å². The molecule has 2 atom stereocenters. The van der Waals surface area contributed by atoms with E-state index in [-0.39, 0.29) is 37.4 Å². The van der Waals surface area contributed by atoms with Crippen molar-refractivity contribution in [2.75, 3.05) is 24.2 Å². The lowest BCUT2D eigenvalue weighted by Gasteiger charge is -2.32. The lowest BCUT2D eigenvalue weighted by Crippen LogP contribution is -2.50. The van der Waals surface area contributed by atoms with E-state index < -0.39 is 16.1 Å². The highest BCUT2D eigenvalue weighted by Crippen LogP contribution is 2.20. The van der Waals surface area contributed by atoms with Crippen LogP contribution in [0.3, 0.4) is 0 Å². The fraction of sp³-hybridized carbons (Fsp3) is 0.481. The minimum absolute atomic E-state index is 0.00508. The van der Waals surface area contributed by atoms with E-state index in [1.54, 1.807) is 36.3 Å². The van der Waals surface area contributed by atoms with Crippen molar-refractivity contribution in [1.82, 2.24) is 10.2 Å². The number of carbonyl (C=O) groups excluding carboxylic acids is 2. The van der Waals surface area contributed by atoms with Crippen LogP contribution in [-0.2, 0) is 26.2 Å². The summed E-state index contributed by atoms with van der Waals surface area (Å²) in [7, 11) is -1.93. The lowest BCUT2D eigenvalue weighted by atomic mass is 10.1. The number of nitrogens with zero attached hydrogens (tertiary/aromatic N) is 2. The quantitative estimate of drug-likeness (QED) is 0.409. The van der Waals surface area contributed by atoms with Gasteiger partial charge in [-0.3, -0.25) is 13.9 Å². The third kappa shape index (κ3) is 8.55. The molecule has 2 rings (SSSR count). The number of sulfonamides is 1. The van der Waals surface area contributed by atoms with Crippen LogP contribution in [0.1, 0.15) is 52.0 Å². The zero-order chi connectivity index (χ0) is 26.7. The highest BCUT2D eigenvalue weighted by molar-refractivity contribution is 7.92. The Morgan fingerprint density at radius 2 is 1.72 bits per heavy atom. The Hall–Kier alpha value is -3.07. The summed E-state index contributed by atoms with van der Waals surface area (Å²) in [5.41, 5.74) is 1.40. The van der Waals surface area contributed by atoms with Gasteiger partial charge >= 0.3 is 0 Å². The first-order valence-corrected chi connectivity index (χ1v) is 14.2. The van der Waals surface area contributed by atoms with Crippen molar-refractivity contribution < 1.29 is 22.7 Å². The van der Waals surface area contributed by atoms with Gasteiger partial charge in [0.2, 0.25) is 21.8 Å². The molecule has 0 aliphatic rings. The normalized spacial score (nSPS) is 12.9.